The maximum Gasteiger partial charge on any atom is 0.309 e. The van der Waals surface area contributed by atoms with Gasteiger partial charge in [-0.3, -0.25) is 4.79 Å². The van der Waals surface area contributed by atoms with Gasteiger partial charge in [-0.1, -0.05) is 37.8 Å². The van der Waals surface area contributed by atoms with Crippen LogP contribution in [0.15, 0.2) is 36.5 Å². The lowest BCUT2D eigenvalue weighted by Crippen LogP contribution is -2.39. The number of ether oxygens (including phenoxy) is 1. The molecule has 5 nitrogen and oxygen atoms in total. The van der Waals surface area contributed by atoms with E-state index < -0.39 is 29.9 Å². The summed E-state index contributed by atoms with van der Waals surface area (Å²) in [5, 5.41) is 30.4. The molecule has 0 radical (unpaired) electrons. The Balaban J connectivity index is 3.11. The fourth-order valence-electron chi connectivity index (χ4n) is 2.58. The molecule has 0 saturated carbocycles. The monoisotopic (exact) mass is 324 g/mol. The highest BCUT2D eigenvalue weighted by Crippen LogP contribution is 2.24. The number of aliphatic hydroxyl groups is 3. The topological polar surface area (TPSA) is 87.0 Å². The average molecular weight is 324 g/mol. The van der Waals surface area contributed by atoms with Crippen molar-refractivity contribution in [3.63, 3.8) is 0 Å². The van der Waals surface area contributed by atoms with Gasteiger partial charge < -0.3 is 20.1 Å². The summed E-state index contributed by atoms with van der Waals surface area (Å²) in [5.41, 5.74) is -0.541. The zero-order valence-electron chi connectivity index (χ0n) is 14.1. The minimum absolute atomic E-state index is 0.138. The number of hydrogen-bond donors (Lipinski definition) is 3. The number of allylic oxidation sites excluding steroid dienone is 2. The summed E-state index contributed by atoms with van der Waals surface area (Å²) in [4.78, 5) is 12.0. The average Bonchev–Trinajstić information content (AvgIpc) is 2.47. The zero-order valence-corrected chi connectivity index (χ0v) is 14.1. The molecule has 1 aliphatic heterocycles. The van der Waals surface area contributed by atoms with Crippen LogP contribution >= 0.6 is 0 Å². The van der Waals surface area contributed by atoms with Crippen molar-refractivity contribution in [2.45, 2.75) is 63.9 Å². The Morgan fingerprint density at radius 3 is 2.70 bits per heavy atom. The molecule has 3 N–H and O–H groups in total. The largest absolute Gasteiger partial charge is 0.457 e. The molecule has 0 unspecified atom stereocenters. The minimum atomic E-state index is -1.36. The van der Waals surface area contributed by atoms with Crippen molar-refractivity contribution in [1.29, 1.82) is 0 Å². The highest BCUT2D eigenvalue weighted by atomic mass is 16.5. The van der Waals surface area contributed by atoms with Crippen LogP contribution in [0.25, 0.3) is 0 Å². The van der Waals surface area contributed by atoms with Gasteiger partial charge in [-0.05, 0) is 32.3 Å². The van der Waals surface area contributed by atoms with Crippen molar-refractivity contribution >= 4 is 5.97 Å². The van der Waals surface area contributed by atoms with E-state index >= 15 is 0 Å². The van der Waals surface area contributed by atoms with Crippen LogP contribution in [0.5, 0.6) is 0 Å². The molecule has 0 amide bonds. The summed E-state index contributed by atoms with van der Waals surface area (Å²) in [6.45, 7) is 8.85. The Morgan fingerprint density at radius 2 is 2.09 bits per heavy atom. The third kappa shape index (κ3) is 5.94. The Bertz CT molecular complexity index is 478. The van der Waals surface area contributed by atoms with Gasteiger partial charge in [0.05, 0.1) is 18.1 Å². The van der Waals surface area contributed by atoms with E-state index in [9.17, 15) is 20.1 Å². The highest BCUT2D eigenvalue weighted by Gasteiger charge is 2.31. The number of carbonyl (C=O) groups excluding carboxylic acids is 1. The van der Waals surface area contributed by atoms with Crippen LogP contribution in [0.3, 0.4) is 0 Å². The zero-order chi connectivity index (χ0) is 17.6. The Labute approximate surface area is 138 Å². The predicted octanol–water partition coefficient (Wildman–Crippen LogP) is 1.88. The fourth-order valence-corrected chi connectivity index (χ4v) is 2.58. The molecule has 0 fully saturated rings. The number of hydrogen-bond acceptors (Lipinski definition) is 5. The van der Waals surface area contributed by atoms with E-state index in [0.717, 1.165) is 5.57 Å². The maximum absolute atomic E-state index is 12.0. The lowest BCUT2D eigenvalue weighted by molar-refractivity contribution is -0.151. The lowest BCUT2D eigenvalue weighted by Gasteiger charge is -2.30. The van der Waals surface area contributed by atoms with Gasteiger partial charge in [0.1, 0.15) is 12.2 Å². The molecule has 0 aromatic rings. The number of esters is 1. The second-order valence-electron chi connectivity index (χ2n) is 6.50. The second kappa shape index (κ2) is 8.43. The number of aliphatic hydroxyl groups excluding tert-OH is 2. The van der Waals surface area contributed by atoms with Gasteiger partial charge >= 0.3 is 5.97 Å². The molecule has 23 heavy (non-hydrogen) atoms. The van der Waals surface area contributed by atoms with Crippen molar-refractivity contribution in [1.82, 2.24) is 0 Å². The van der Waals surface area contributed by atoms with Crippen LogP contribution in [0, 0.1) is 5.92 Å². The third-order valence-electron chi connectivity index (χ3n) is 4.19. The highest BCUT2D eigenvalue weighted by molar-refractivity contribution is 5.70. The Hall–Kier alpha value is -1.43. The van der Waals surface area contributed by atoms with Crippen molar-refractivity contribution < 1.29 is 24.9 Å². The van der Waals surface area contributed by atoms with Crippen molar-refractivity contribution in [2.75, 3.05) is 0 Å². The van der Waals surface area contributed by atoms with Gasteiger partial charge in [-0.25, -0.2) is 0 Å². The van der Waals surface area contributed by atoms with E-state index in [-0.39, 0.29) is 25.2 Å². The standard InChI is InChI=1S/C18H28O5/c1-5-6-12(2)17-13(3)7-8-15(20)18(4,22)10-9-14(19)11-16(21)23-17/h5-8,13-15,17,19-20,22H,1,9-11H2,2-4H3/b8-7+,12-6+/t13-,14+,15-,17+,18+/m0/s1. The van der Waals surface area contributed by atoms with Gasteiger partial charge in [-0.2, -0.15) is 0 Å². The number of rotatable bonds is 2. The minimum Gasteiger partial charge on any atom is -0.457 e. The molecule has 5 atom stereocenters. The van der Waals surface area contributed by atoms with Gasteiger partial charge in [0.15, 0.2) is 0 Å². The SMILES string of the molecule is C=C/C=C(\C)[C@H]1OC(=O)C[C@H](O)CC[C@@](C)(O)[C@@H](O)/C=C/[C@@H]1C. The molecule has 0 aromatic heterocycles. The molecule has 0 saturated heterocycles. The van der Waals surface area contributed by atoms with E-state index in [1.165, 1.54) is 13.0 Å². The van der Waals surface area contributed by atoms with Crippen LogP contribution in [-0.4, -0.2) is 45.2 Å². The molecule has 0 spiro atoms. The van der Waals surface area contributed by atoms with Crippen molar-refractivity contribution in [2.24, 2.45) is 5.92 Å². The predicted molar refractivity (Wildman–Crippen MR) is 88.6 cm³/mol. The number of cyclic esters (lactones) is 1. The molecule has 1 aliphatic rings. The first kappa shape index (κ1) is 19.6. The fraction of sp³-hybridized carbons (Fsp3) is 0.611. The van der Waals surface area contributed by atoms with Crippen LogP contribution in [0.4, 0.5) is 0 Å². The van der Waals surface area contributed by atoms with E-state index in [4.69, 9.17) is 4.74 Å². The van der Waals surface area contributed by atoms with Gasteiger partial charge in [0.25, 0.3) is 0 Å². The summed E-state index contributed by atoms with van der Waals surface area (Å²) in [6.07, 6.45) is 4.38. The van der Waals surface area contributed by atoms with E-state index in [0.29, 0.717) is 0 Å². The molecule has 130 valence electrons. The summed E-state index contributed by atoms with van der Waals surface area (Å²) in [5.74, 6) is -0.683. The van der Waals surface area contributed by atoms with Crippen LogP contribution in [-0.2, 0) is 9.53 Å². The molecular formula is C18H28O5. The van der Waals surface area contributed by atoms with Crippen LogP contribution in [0.1, 0.15) is 40.0 Å². The normalized spacial score (nSPS) is 38.9. The van der Waals surface area contributed by atoms with Crippen LogP contribution < -0.4 is 0 Å². The molecular weight excluding hydrogens is 296 g/mol. The summed E-state index contributed by atoms with van der Waals surface area (Å²) in [7, 11) is 0. The molecule has 1 heterocycles. The van der Waals surface area contributed by atoms with Crippen LogP contribution in [0.2, 0.25) is 0 Å². The lowest BCUT2D eigenvalue weighted by atomic mass is 9.89. The third-order valence-corrected chi connectivity index (χ3v) is 4.19. The van der Waals surface area contributed by atoms with Gasteiger partial charge in [0, 0.05) is 5.92 Å². The van der Waals surface area contributed by atoms with Gasteiger partial charge in [-0.15, -0.1) is 0 Å². The molecule has 0 aromatic carbocycles. The molecule has 1 rings (SSSR count). The smallest absolute Gasteiger partial charge is 0.309 e. The Kier molecular flexibility index (Phi) is 7.19. The van der Waals surface area contributed by atoms with E-state index in [1.54, 1.807) is 18.2 Å². The maximum atomic E-state index is 12.0. The van der Waals surface area contributed by atoms with Crippen molar-refractivity contribution in [3.8, 4) is 0 Å². The van der Waals surface area contributed by atoms with E-state index in [1.807, 2.05) is 13.8 Å². The molecule has 0 bridgehead atoms. The molecule has 0 aliphatic carbocycles. The number of carbonyl (C=O) groups is 1. The first-order valence-electron chi connectivity index (χ1n) is 7.93. The molecule has 5 heteroatoms. The summed E-state index contributed by atoms with van der Waals surface area (Å²) >= 11 is 0. The van der Waals surface area contributed by atoms with E-state index in [2.05, 4.69) is 6.58 Å². The summed E-state index contributed by atoms with van der Waals surface area (Å²) < 4.78 is 5.50. The second-order valence-corrected chi connectivity index (χ2v) is 6.50. The first-order valence-corrected chi connectivity index (χ1v) is 7.93. The quantitative estimate of drug-likeness (QED) is 0.410. The van der Waals surface area contributed by atoms with Gasteiger partial charge in [0.2, 0.25) is 0 Å². The van der Waals surface area contributed by atoms with Crippen molar-refractivity contribution in [3.05, 3.63) is 36.5 Å². The Morgan fingerprint density at radius 1 is 1.43 bits per heavy atom. The first-order chi connectivity index (χ1) is 10.7. The summed E-state index contributed by atoms with van der Waals surface area (Å²) in [6, 6.07) is 0.